The first-order chi connectivity index (χ1) is 16.3. The van der Waals surface area contributed by atoms with Gasteiger partial charge in [0.15, 0.2) is 0 Å². The molecular formula is C29H38N2O3. The normalized spacial score (nSPS) is 38.0. The van der Waals surface area contributed by atoms with Crippen molar-refractivity contribution >= 4 is 11.9 Å². The minimum Gasteiger partial charge on any atom is -0.459 e. The van der Waals surface area contributed by atoms with Crippen molar-refractivity contribution in [3.05, 3.63) is 35.9 Å². The lowest BCUT2D eigenvalue weighted by Gasteiger charge is -2.54. The Hall–Kier alpha value is -2.35. The van der Waals surface area contributed by atoms with Crippen molar-refractivity contribution in [2.24, 2.45) is 23.2 Å². The summed E-state index contributed by atoms with van der Waals surface area (Å²) < 4.78 is 6.36. The molecule has 1 heterocycles. The fourth-order valence-electron chi connectivity index (χ4n) is 7.76. The van der Waals surface area contributed by atoms with E-state index in [1.54, 1.807) is 0 Å². The number of benzene rings is 1. The maximum atomic E-state index is 13.4. The second kappa shape index (κ2) is 9.02. The zero-order valence-electron chi connectivity index (χ0n) is 20.7. The van der Waals surface area contributed by atoms with Gasteiger partial charge in [0.1, 0.15) is 11.6 Å². The molecule has 7 unspecified atom stereocenters. The van der Waals surface area contributed by atoms with E-state index in [1.165, 1.54) is 6.42 Å². The molecule has 2 bridgehead atoms. The van der Waals surface area contributed by atoms with Crippen LogP contribution in [0.15, 0.2) is 30.3 Å². The number of fused-ring (bicyclic) bond motifs is 3. The van der Waals surface area contributed by atoms with E-state index in [0.717, 1.165) is 50.5 Å². The molecule has 1 aliphatic heterocycles. The molecule has 0 radical (unpaired) electrons. The highest BCUT2D eigenvalue weighted by Crippen LogP contribution is 2.57. The van der Waals surface area contributed by atoms with Crippen molar-refractivity contribution in [2.45, 2.75) is 102 Å². The number of rotatable bonds is 7. The van der Waals surface area contributed by atoms with Gasteiger partial charge in [0.25, 0.3) is 0 Å². The maximum Gasteiger partial charge on any atom is 0.306 e. The Morgan fingerprint density at radius 1 is 1.15 bits per heavy atom. The fraction of sp³-hybridized carbons (Fsp3) is 0.690. The number of ether oxygens (including phenoxy) is 1. The van der Waals surface area contributed by atoms with Gasteiger partial charge < -0.3 is 9.64 Å². The standard InChI is InChI=1S/C29H38N2O3/c1-3-20-11-22-14-28(2,17-26(32)31-24(18-30)12-23-13-25(23)31)19-29(15-20,16-22)34-27(33)10-9-21-7-5-4-6-8-21/h4-8,20,22-25H,3,9-17,19H2,1-2H3. The summed E-state index contributed by atoms with van der Waals surface area (Å²) in [7, 11) is 0. The molecule has 0 N–H and O–H groups in total. The van der Waals surface area contributed by atoms with Crippen LogP contribution in [0.5, 0.6) is 0 Å². The zero-order valence-corrected chi connectivity index (χ0v) is 20.7. The Bertz CT molecular complexity index is 971. The van der Waals surface area contributed by atoms with Crippen LogP contribution in [0.1, 0.15) is 83.6 Å². The lowest BCUT2D eigenvalue weighted by molar-refractivity contribution is -0.183. The molecule has 0 spiro atoms. The molecule has 3 saturated carbocycles. The third-order valence-corrected chi connectivity index (χ3v) is 9.01. The fourth-order valence-corrected chi connectivity index (χ4v) is 7.76. The number of nitriles is 1. The summed E-state index contributed by atoms with van der Waals surface area (Å²) in [5.74, 6) is 1.63. The number of carbonyl (C=O) groups excluding carboxylic acids is 2. The number of hydrogen-bond acceptors (Lipinski definition) is 4. The number of piperidine rings is 1. The van der Waals surface area contributed by atoms with E-state index in [9.17, 15) is 14.9 Å². The van der Waals surface area contributed by atoms with Gasteiger partial charge in [-0.05, 0) is 80.1 Å². The van der Waals surface area contributed by atoms with Gasteiger partial charge in [-0.15, -0.1) is 0 Å². The van der Waals surface area contributed by atoms with Gasteiger partial charge in [-0.3, -0.25) is 9.59 Å². The summed E-state index contributed by atoms with van der Waals surface area (Å²) in [4.78, 5) is 28.3. The van der Waals surface area contributed by atoms with E-state index < -0.39 is 5.60 Å². The van der Waals surface area contributed by atoms with Gasteiger partial charge in [0.2, 0.25) is 5.91 Å². The monoisotopic (exact) mass is 462 g/mol. The van der Waals surface area contributed by atoms with Crippen LogP contribution in [-0.2, 0) is 20.7 Å². The predicted molar refractivity (Wildman–Crippen MR) is 129 cm³/mol. The van der Waals surface area contributed by atoms with Crippen LogP contribution in [0.25, 0.3) is 0 Å². The summed E-state index contributed by atoms with van der Waals surface area (Å²) in [6, 6.07) is 12.5. The first kappa shape index (κ1) is 23.4. The minimum atomic E-state index is -0.452. The molecule has 34 heavy (non-hydrogen) atoms. The Balaban J connectivity index is 1.28. The highest BCUT2D eigenvalue weighted by atomic mass is 16.6. The van der Waals surface area contributed by atoms with E-state index in [-0.39, 0.29) is 29.4 Å². The van der Waals surface area contributed by atoms with Gasteiger partial charge in [-0.25, -0.2) is 0 Å². The molecule has 5 nitrogen and oxygen atoms in total. The summed E-state index contributed by atoms with van der Waals surface area (Å²) in [5, 5.41) is 9.55. The lowest BCUT2D eigenvalue weighted by Crippen LogP contribution is -2.52. The SMILES string of the molecule is CCC1CC2CC(C)(CC(=O)N3C(C#N)CC4CC43)CC(OC(=O)CCc3ccccc3)(C1)C2. The van der Waals surface area contributed by atoms with Crippen molar-refractivity contribution < 1.29 is 14.3 Å². The zero-order chi connectivity index (χ0) is 23.9. The molecular weight excluding hydrogens is 424 g/mol. The van der Waals surface area contributed by atoms with Crippen molar-refractivity contribution in [1.82, 2.24) is 4.90 Å². The summed E-state index contributed by atoms with van der Waals surface area (Å²) in [6.07, 6.45) is 9.34. The van der Waals surface area contributed by atoms with Crippen LogP contribution in [0.4, 0.5) is 0 Å². The van der Waals surface area contributed by atoms with Crippen molar-refractivity contribution in [2.75, 3.05) is 0 Å². The molecule has 4 fully saturated rings. The quantitative estimate of drug-likeness (QED) is 0.507. The molecule has 1 saturated heterocycles. The Kier molecular flexibility index (Phi) is 6.21. The third kappa shape index (κ3) is 4.74. The molecule has 1 amide bonds. The molecule has 5 rings (SSSR count). The highest BCUT2D eigenvalue weighted by Gasteiger charge is 2.57. The average Bonchev–Trinajstić information content (AvgIpc) is 3.45. The van der Waals surface area contributed by atoms with Crippen molar-refractivity contribution in [3.8, 4) is 6.07 Å². The van der Waals surface area contributed by atoms with Crippen LogP contribution in [0, 0.1) is 34.5 Å². The van der Waals surface area contributed by atoms with Crippen LogP contribution in [-0.4, -0.2) is 34.5 Å². The molecule has 0 aromatic heterocycles. The lowest BCUT2D eigenvalue weighted by atomic mass is 9.56. The smallest absolute Gasteiger partial charge is 0.306 e. The molecule has 5 heteroatoms. The van der Waals surface area contributed by atoms with Crippen LogP contribution in [0.3, 0.4) is 0 Å². The second-order valence-corrected chi connectivity index (χ2v) is 12.0. The molecule has 1 aromatic carbocycles. The van der Waals surface area contributed by atoms with Crippen LogP contribution < -0.4 is 0 Å². The summed E-state index contributed by atoms with van der Waals surface area (Å²) in [5.41, 5.74) is 0.512. The van der Waals surface area contributed by atoms with E-state index in [2.05, 4.69) is 32.0 Å². The number of amides is 1. The Labute approximate surface area is 203 Å². The van der Waals surface area contributed by atoms with Crippen molar-refractivity contribution in [1.29, 1.82) is 5.26 Å². The number of likely N-dealkylation sites (tertiary alicyclic amines) is 1. The number of nitrogens with zero attached hydrogens (tertiary/aromatic N) is 2. The van der Waals surface area contributed by atoms with Gasteiger partial charge in [-0.2, -0.15) is 5.26 Å². The highest BCUT2D eigenvalue weighted by molar-refractivity contribution is 5.79. The second-order valence-electron chi connectivity index (χ2n) is 12.0. The van der Waals surface area contributed by atoms with E-state index >= 15 is 0 Å². The number of aryl methyl sites for hydroxylation is 1. The van der Waals surface area contributed by atoms with Crippen LogP contribution in [0.2, 0.25) is 0 Å². The van der Waals surface area contributed by atoms with Gasteiger partial charge in [-0.1, -0.05) is 50.6 Å². The topological polar surface area (TPSA) is 70.4 Å². The molecule has 3 aliphatic carbocycles. The number of hydrogen-bond donors (Lipinski definition) is 0. The molecule has 182 valence electrons. The Morgan fingerprint density at radius 2 is 1.94 bits per heavy atom. The van der Waals surface area contributed by atoms with Gasteiger partial charge in [0, 0.05) is 18.9 Å². The predicted octanol–water partition coefficient (Wildman–Crippen LogP) is 5.43. The maximum absolute atomic E-state index is 13.4. The van der Waals surface area contributed by atoms with Gasteiger partial charge >= 0.3 is 5.97 Å². The third-order valence-electron chi connectivity index (χ3n) is 9.01. The number of carbonyl (C=O) groups is 2. The summed E-state index contributed by atoms with van der Waals surface area (Å²) in [6.45, 7) is 4.46. The van der Waals surface area contributed by atoms with Crippen LogP contribution >= 0.6 is 0 Å². The largest absolute Gasteiger partial charge is 0.459 e. The molecule has 7 atom stereocenters. The molecule has 1 aromatic rings. The minimum absolute atomic E-state index is 0.111. The van der Waals surface area contributed by atoms with Gasteiger partial charge in [0.05, 0.1) is 6.07 Å². The van der Waals surface area contributed by atoms with E-state index in [1.807, 2.05) is 23.1 Å². The first-order valence-electron chi connectivity index (χ1n) is 13.3. The van der Waals surface area contributed by atoms with E-state index in [4.69, 9.17) is 4.74 Å². The van der Waals surface area contributed by atoms with Crippen molar-refractivity contribution in [3.63, 3.8) is 0 Å². The first-order valence-corrected chi connectivity index (χ1v) is 13.3. The number of esters is 1. The average molecular weight is 463 g/mol. The van der Waals surface area contributed by atoms with E-state index in [0.29, 0.717) is 37.0 Å². The Morgan fingerprint density at radius 3 is 2.68 bits per heavy atom. The summed E-state index contributed by atoms with van der Waals surface area (Å²) >= 11 is 0. The molecule has 4 aliphatic rings.